The van der Waals surface area contributed by atoms with Crippen molar-refractivity contribution in [2.45, 2.75) is 71.5 Å². The number of hydrogen-bond acceptors (Lipinski definition) is 5. The van der Waals surface area contributed by atoms with Crippen molar-refractivity contribution in [2.75, 3.05) is 20.3 Å². The van der Waals surface area contributed by atoms with Crippen LogP contribution in [0.1, 0.15) is 75.2 Å². The number of ether oxygens (including phenoxy) is 4. The summed E-state index contributed by atoms with van der Waals surface area (Å²) in [5.74, 6) is 1.66. The fourth-order valence-electron chi connectivity index (χ4n) is 4.45. The Hall–Kier alpha value is -2.53. The van der Waals surface area contributed by atoms with E-state index >= 15 is 0 Å². The smallest absolute Gasteiger partial charge is 0.306 e. The maximum absolute atomic E-state index is 12.0. The third kappa shape index (κ3) is 7.50. The van der Waals surface area contributed by atoms with Crippen molar-refractivity contribution in [1.82, 2.24) is 0 Å². The van der Waals surface area contributed by atoms with Crippen LogP contribution in [0.2, 0.25) is 0 Å². The second-order valence-electron chi connectivity index (χ2n) is 8.69. The molecule has 2 aromatic carbocycles. The van der Waals surface area contributed by atoms with Crippen LogP contribution in [-0.2, 0) is 27.3 Å². The molecule has 0 saturated carbocycles. The lowest BCUT2D eigenvalue weighted by atomic mass is 9.99. The topological polar surface area (TPSA) is 54.0 Å². The first kappa shape index (κ1) is 25.1. The molecule has 0 radical (unpaired) electrons. The SMILES string of the molecule is CCCCCCCOc1ccc(COc2ccc3c(c2)CC(CC(=O)OCC)C3OC)cc1. The van der Waals surface area contributed by atoms with Crippen molar-refractivity contribution < 1.29 is 23.7 Å². The largest absolute Gasteiger partial charge is 0.494 e. The van der Waals surface area contributed by atoms with E-state index < -0.39 is 0 Å². The number of esters is 1. The molecule has 0 aliphatic heterocycles. The van der Waals surface area contributed by atoms with E-state index in [1.165, 1.54) is 31.2 Å². The predicted molar refractivity (Wildman–Crippen MR) is 130 cm³/mol. The van der Waals surface area contributed by atoms with E-state index in [-0.39, 0.29) is 18.0 Å². The van der Waals surface area contributed by atoms with E-state index in [0.29, 0.717) is 19.6 Å². The molecule has 0 heterocycles. The van der Waals surface area contributed by atoms with Crippen LogP contribution in [0.5, 0.6) is 11.5 Å². The molecular weight excluding hydrogens is 416 g/mol. The van der Waals surface area contributed by atoms with Gasteiger partial charge in [-0.3, -0.25) is 4.79 Å². The highest BCUT2D eigenvalue weighted by Crippen LogP contribution is 2.41. The van der Waals surface area contributed by atoms with Gasteiger partial charge in [0.15, 0.2) is 0 Å². The van der Waals surface area contributed by atoms with Crippen LogP contribution >= 0.6 is 0 Å². The molecule has 33 heavy (non-hydrogen) atoms. The summed E-state index contributed by atoms with van der Waals surface area (Å²) in [5, 5.41) is 0. The molecule has 0 bridgehead atoms. The fraction of sp³-hybridized carbons (Fsp3) is 0.536. The molecule has 0 saturated heterocycles. The lowest BCUT2D eigenvalue weighted by molar-refractivity contribution is -0.145. The van der Waals surface area contributed by atoms with Crippen molar-refractivity contribution in [2.24, 2.45) is 5.92 Å². The molecule has 3 rings (SSSR count). The number of carbonyl (C=O) groups is 1. The summed E-state index contributed by atoms with van der Waals surface area (Å²) in [5.41, 5.74) is 3.41. The van der Waals surface area contributed by atoms with E-state index in [4.69, 9.17) is 18.9 Å². The van der Waals surface area contributed by atoms with Crippen LogP contribution in [0.3, 0.4) is 0 Å². The zero-order valence-corrected chi connectivity index (χ0v) is 20.3. The molecule has 0 amide bonds. The van der Waals surface area contributed by atoms with E-state index in [0.717, 1.165) is 42.1 Å². The van der Waals surface area contributed by atoms with Gasteiger partial charge in [-0.05, 0) is 60.7 Å². The highest BCUT2D eigenvalue weighted by Gasteiger charge is 2.34. The van der Waals surface area contributed by atoms with E-state index in [1.54, 1.807) is 7.11 Å². The summed E-state index contributed by atoms with van der Waals surface area (Å²) in [4.78, 5) is 12.0. The van der Waals surface area contributed by atoms with E-state index in [2.05, 4.69) is 31.2 Å². The highest BCUT2D eigenvalue weighted by molar-refractivity contribution is 5.70. The zero-order valence-electron chi connectivity index (χ0n) is 20.3. The predicted octanol–water partition coefficient (Wildman–Crippen LogP) is 6.43. The molecule has 5 nitrogen and oxygen atoms in total. The first-order chi connectivity index (χ1) is 16.1. The van der Waals surface area contributed by atoms with Gasteiger partial charge in [-0.25, -0.2) is 0 Å². The Morgan fingerprint density at radius 3 is 2.42 bits per heavy atom. The Morgan fingerprint density at radius 2 is 1.70 bits per heavy atom. The maximum atomic E-state index is 12.0. The van der Waals surface area contributed by atoms with E-state index in [9.17, 15) is 4.79 Å². The Balaban J connectivity index is 1.48. The zero-order chi connectivity index (χ0) is 23.5. The van der Waals surface area contributed by atoms with E-state index in [1.807, 2.05) is 25.1 Å². The average Bonchev–Trinajstić information content (AvgIpc) is 3.16. The molecule has 0 fully saturated rings. The van der Waals surface area contributed by atoms with Crippen molar-refractivity contribution in [1.29, 1.82) is 0 Å². The minimum atomic E-state index is -0.169. The van der Waals surface area contributed by atoms with Crippen molar-refractivity contribution >= 4 is 5.97 Å². The van der Waals surface area contributed by atoms with Gasteiger partial charge in [0.05, 0.1) is 25.7 Å². The Bertz CT molecular complexity index is 861. The third-order valence-electron chi connectivity index (χ3n) is 6.16. The van der Waals surface area contributed by atoms with Gasteiger partial charge in [0.2, 0.25) is 0 Å². The second kappa shape index (κ2) is 13.2. The lowest BCUT2D eigenvalue weighted by Crippen LogP contribution is -2.16. The highest BCUT2D eigenvalue weighted by atomic mass is 16.5. The van der Waals surface area contributed by atoms with Crippen LogP contribution in [0.15, 0.2) is 42.5 Å². The summed E-state index contributed by atoms with van der Waals surface area (Å²) in [6.45, 7) is 5.73. The number of fused-ring (bicyclic) bond motifs is 1. The number of methoxy groups -OCH3 is 1. The number of rotatable bonds is 14. The summed E-state index contributed by atoms with van der Waals surface area (Å²) in [7, 11) is 1.70. The lowest BCUT2D eigenvalue weighted by Gasteiger charge is -2.18. The van der Waals surface area contributed by atoms with Gasteiger partial charge in [0, 0.05) is 13.0 Å². The third-order valence-corrected chi connectivity index (χ3v) is 6.16. The molecule has 1 aliphatic carbocycles. The van der Waals surface area contributed by atoms with Crippen LogP contribution in [0.4, 0.5) is 0 Å². The van der Waals surface area contributed by atoms with Gasteiger partial charge < -0.3 is 18.9 Å². The molecular formula is C28H38O5. The number of unbranched alkanes of at least 4 members (excludes halogenated alkanes) is 4. The minimum absolute atomic E-state index is 0.0855. The number of hydrogen-bond donors (Lipinski definition) is 0. The van der Waals surface area contributed by atoms with Crippen LogP contribution in [0, 0.1) is 5.92 Å². The van der Waals surface area contributed by atoms with Gasteiger partial charge >= 0.3 is 5.97 Å². The number of benzene rings is 2. The van der Waals surface area contributed by atoms with Gasteiger partial charge in [-0.1, -0.05) is 50.8 Å². The van der Waals surface area contributed by atoms with Crippen LogP contribution in [-0.4, -0.2) is 26.3 Å². The molecule has 0 spiro atoms. The first-order valence-corrected chi connectivity index (χ1v) is 12.3. The van der Waals surface area contributed by atoms with Gasteiger partial charge in [0.25, 0.3) is 0 Å². The maximum Gasteiger partial charge on any atom is 0.306 e. The van der Waals surface area contributed by atoms with Gasteiger partial charge in [-0.2, -0.15) is 0 Å². The summed E-state index contributed by atoms with van der Waals surface area (Å²) in [6, 6.07) is 14.2. The molecule has 2 unspecified atom stereocenters. The quantitative estimate of drug-likeness (QED) is 0.243. The molecule has 1 aliphatic rings. The fourth-order valence-corrected chi connectivity index (χ4v) is 4.45. The summed E-state index contributed by atoms with van der Waals surface area (Å²) in [6.07, 6.45) is 7.26. The van der Waals surface area contributed by atoms with Gasteiger partial charge in [0.1, 0.15) is 18.1 Å². The van der Waals surface area contributed by atoms with Gasteiger partial charge in [-0.15, -0.1) is 0 Å². The monoisotopic (exact) mass is 454 g/mol. The Morgan fingerprint density at radius 1 is 0.939 bits per heavy atom. The van der Waals surface area contributed by atoms with Crippen LogP contribution < -0.4 is 9.47 Å². The average molecular weight is 455 g/mol. The standard InChI is InChI=1S/C28H38O5/c1-4-6-7-8-9-16-32-24-12-10-21(11-13-24)20-33-25-14-15-26-22(18-25)17-23(28(26)30-3)19-27(29)31-5-2/h10-15,18,23,28H,4-9,16-17,19-20H2,1-3H3. The summed E-state index contributed by atoms with van der Waals surface area (Å²) < 4.78 is 22.7. The molecule has 0 N–H and O–H groups in total. The second-order valence-corrected chi connectivity index (χ2v) is 8.69. The van der Waals surface area contributed by atoms with Crippen molar-refractivity contribution in [3.05, 3.63) is 59.2 Å². The Kier molecular flexibility index (Phi) is 10.1. The normalized spacial score (nSPS) is 16.9. The van der Waals surface area contributed by atoms with Crippen molar-refractivity contribution in [3.63, 3.8) is 0 Å². The minimum Gasteiger partial charge on any atom is -0.494 e. The molecule has 2 atom stereocenters. The first-order valence-electron chi connectivity index (χ1n) is 12.3. The number of carbonyl (C=O) groups excluding carboxylic acids is 1. The molecule has 2 aromatic rings. The molecule has 180 valence electrons. The van der Waals surface area contributed by atoms with Crippen LogP contribution in [0.25, 0.3) is 0 Å². The Labute approximate surface area is 198 Å². The van der Waals surface area contributed by atoms with Crippen molar-refractivity contribution in [3.8, 4) is 11.5 Å². The molecule has 5 heteroatoms. The summed E-state index contributed by atoms with van der Waals surface area (Å²) >= 11 is 0. The molecule has 0 aromatic heterocycles.